The van der Waals surface area contributed by atoms with Gasteiger partial charge in [-0.25, -0.2) is 0 Å². The van der Waals surface area contributed by atoms with E-state index in [4.69, 9.17) is 33.3 Å². The van der Waals surface area contributed by atoms with Crippen LogP contribution in [0.2, 0.25) is 5.02 Å². The van der Waals surface area contributed by atoms with Gasteiger partial charge in [-0.2, -0.15) is 5.10 Å². The van der Waals surface area contributed by atoms with Gasteiger partial charge in [-0.05, 0) is 54.2 Å². The van der Waals surface area contributed by atoms with Gasteiger partial charge < -0.3 is 19.7 Å². The molecule has 3 N–H and O–H groups in total. The van der Waals surface area contributed by atoms with Gasteiger partial charge in [0.1, 0.15) is 24.6 Å². The van der Waals surface area contributed by atoms with Crippen molar-refractivity contribution in [1.29, 1.82) is 0 Å². The number of quaternary nitrogens is 1. The lowest BCUT2D eigenvalue weighted by molar-refractivity contribution is -0.906. The minimum atomic E-state index is 0.512. The zero-order valence-electron chi connectivity index (χ0n) is 15.5. The molecule has 8 heteroatoms. The van der Waals surface area contributed by atoms with Gasteiger partial charge in [0.15, 0.2) is 5.11 Å². The molecule has 28 heavy (non-hydrogen) atoms. The van der Waals surface area contributed by atoms with Crippen LogP contribution < -0.4 is 20.4 Å². The van der Waals surface area contributed by atoms with Crippen LogP contribution in [0.25, 0.3) is 0 Å². The molecule has 0 amide bonds. The molecule has 2 aromatic rings. The number of benzene rings is 2. The van der Waals surface area contributed by atoms with Crippen molar-refractivity contribution in [3.05, 3.63) is 59.1 Å². The third kappa shape index (κ3) is 7.09. The molecule has 6 nitrogen and oxygen atoms in total. The Hall–Kier alpha value is -2.19. The summed E-state index contributed by atoms with van der Waals surface area (Å²) in [4.78, 5) is 1.53. The highest BCUT2D eigenvalue weighted by Gasteiger charge is 2.12. The Morgan fingerprint density at radius 1 is 1.18 bits per heavy atom. The Kier molecular flexibility index (Phi) is 8.05. The first kappa shape index (κ1) is 20.5. The van der Waals surface area contributed by atoms with Crippen molar-refractivity contribution in [2.75, 3.05) is 39.4 Å². The summed E-state index contributed by atoms with van der Waals surface area (Å²) < 4.78 is 11.2. The summed E-state index contributed by atoms with van der Waals surface area (Å²) >= 11 is 11.1. The zero-order chi connectivity index (χ0) is 19.6. The Labute approximate surface area is 175 Å². The van der Waals surface area contributed by atoms with Crippen molar-refractivity contribution >= 4 is 35.1 Å². The van der Waals surface area contributed by atoms with Gasteiger partial charge in [-0.1, -0.05) is 23.7 Å². The van der Waals surface area contributed by atoms with Crippen LogP contribution in [0.15, 0.2) is 53.6 Å². The average molecular weight is 420 g/mol. The van der Waals surface area contributed by atoms with Crippen molar-refractivity contribution in [3.63, 3.8) is 0 Å². The quantitative estimate of drug-likeness (QED) is 0.363. The second kappa shape index (κ2) is 11.0. The number of thiocarbonyl (C=S) groups is 1. The summed E-state index contributed by atoms with van der Waals surface area (Å²) in [5.41, 5.74) is 3.75. The van der Waals surface area contributed by atoms with Crippen LogP contribution in [-0.4, -0.2) is 50.7 Å². The monoisotopic (exact) mass is 419 g/mol. The Morgan fingerprint density at radius 3 is 2.75 bits per heavy atom. The minimum absolute atomic E-state index is 0.512. The van der Waals surface area contributed by atoms with E-state index < -0.39 is 0 Å². The number of ether oxygens (including phenoxy) is 2. The first-order valence-electron chi connectivity index (χ1n) is 9.21. The van der Waals surface area contributed by atoms with Gasteiger partial charge >= 0.3 is 0 Å². The highest BCUT2D eigenvalue weighted by molar-refractivity contribution is 7.80. The molecule has 3 rings (SSSR count). The Bertz CT molecular complexity index is 795. The summed E-state index contributed by atoms with van der Waals surface area (Å²) in [7, 11) is 0. The van der Waals surface area contributed by atoms with Gasteiger partial charge in [0.05, 0.1) is 32.5 Å². The van der Waals surface area contributed by atoms with Crippen molar-refractivity contribution in [2.24, 2.45) is 5.10 Å². The molecule has 0 radical (unpaired) electrons. The van der Waals surface area contributed by atoms with Crippen molar-refractivity contribution in [2.45, 2.75) is 0 Å². The van der Waals surface area contributed by atoms with Gasteiger partial charge in [0.2, 0.25) is 0 Å². The molecule has 1 fully saturated rings. The SMILES string of the molecule is S=C(NCC[NH+]1CCOCC1)N/N=C\c1cccc(Oc2ccc(Cl)cc2)c1. The summed E-state index contributed by atoms with van der Waals surface area (Å²) in [5.74, 6) is 1.45. The first-order chi connectivity index (χ1) is 13.7. The van der Waals surface area contributed by atoms with E-state index in [1.54, 1.807) is 18.3 Å². The molecule has 1 aliphatic heterocycles. The molecule has 1 heterocycles. The summed E-state index contributed by atoms with van der Waals surface area (Å²) in [6.07, 6.45) is 1.70. The van der Waals surface area contributed by atoms with Gasteiger partial charge in [0.25, 0.3) is 0 Å². The molecular formula is C20H24ClN4O2S+. The number of halogens is 1. The number of hydrogen-bond donors (Lipinski definition) is 3. The van der Waals surface area contributed by atoms with E-state index in [2.05, 4.69) is 15.8 Å². The van der Waals surface area contributed by atoms with E-state index in [0.29, 0.717) is 10.1 Å². The predicted molar refractivity (Wildman–Crippen MR) is 116 cm³/mol. The molecule has 148 valence electrons. The second-order valence-corrected chi connectivity index (χ2v) is 7.21. The van der Waals surface area contributed by atoms with Crippen molar-refractivity contribution < 1.29 is 14.4 Å². The third-order valence-electron chi connectivity index (χ3n) is 4.25. The standard InChI is InChI=1S/C20H23ClN4O2S/c21-17-4-6-18(7-5-17)27-19-3-1-2-16(14-19)15-23-24-20(28)22-8-9-25-10-12-26-13-11-25/h1-7,14-15H,8-13H2,(H2,22,24,28)/p+1/b23-15-. The number of morpholine rings is 1. The van der Waals surface area contributed by atoms with E-state index in [1.165, 1.54) is 4.90 Å². The lowest BCUT2D eigenvalue weighted by atomic mass is 10.2. The minimum Gasteiger partial charge on any atom is -0.457 e. The number of rotatable bonds is 7. The Balaban J connectivity index is 1.42. The zero-order valence-corrected chi connectivity index (χ0v) is 17.1. The van der Waals surface area contributed by atoms with Gasteiger partial charge in [-0.15, -0.1) is 0 Å². The molecule has 0 spiro atoms. The van der Waals surface area contributed by atoms with Crippen LogP contribution in [0.4, 0.5) is 0 Å². The summed E-state index contributed by atoms with van der Waals surface area (Å²) in [6.45, 7) is 5.59. The molecule has 0 saturated carbocycles. The second-order valence-electron chi connectivity index (χ2n) is 6.37. The fourth-order valence-electron chi connectivity index (χ4n) is 2.76. The van der Waals surface area contributed by atoms with Crippen LogP contribution in [0.1, 0.15) is 5.56 Å². The molecule has 0 aromatic heterocycles. The predicted octanol–water partition coefficient (Wildman–Crippen LogP) is 1.85. The first-order valence-corrected chi connectivity index (χ1v) is 9.99. The smallest absolute Gasteiger partial charge is 0.187 e. The molecule has 0 bridgehead atoms. The lowest BCUT2D eigenvalue weighted by Crippen LogP contribution is -3.14. The van der Waals surface area contributed by atoms with Crippen LogP contribution >= 0.6 is 23.8 Å². The molecule has 2 aromatic carbocycles. The van der Waals surface area contributed by atoms with Gasteiger partial charge in [0, 0.05) is 5.02 Å². The fraction of sp³-hybridized carbons (Fsp3) is 0.300. The average Bonchev–Trinajstić information content (AvgIpc) is 2.71. The summed E-state index contributed by atoms with van der Waals surface area (Å²) in [5, 5.41) is 8.55. The highest BCUT2D eigenvalue weighted by atomic mass is 35.5. The maximum Gasteiger partial charge on any atom is 0.187 e. The Morgan fingerprint density at radius 2 is 1.96 bits per heavy atom. The van der Waals surface area contributed by atoms with E-state index in [1.807, 2.05) is 36.4 Å². The van der Waals surface area contributed by atoms with Crippen molar-refractivity contribution in [1.82, 2.24) is 10.7 Å². The maximum atomic E-state index is 5.89. The fourth-order valence-corrected chi connectivity index (χ4v) is 3.05. The van der Waals surface area contributed by atoms with E-state index >= 15 is 0 Å². The topological polar surface area (TPSA) is 59.3 Å². The lowest BCUT2D eigenvalue weighted by Gasteiger charge is -2.23. The molecule has 0 unspecified atom stereocenters. The van der Waals surface area contributed by atoms with E-state index in [0.717, 1.165) is 56.5 Å². The molecule has 1 saturated heterocycles. The molecule has 0 aliphatic carbocycles. The maximum absolute atomic E-state index is 5.89. The number of nitrogens with one attached hydrogen (secondary N) is 3. The van der Waals surface area contributed by atoms with Crippen LogP contribution in [0, 0.1) is 0 Å². The van der Waals surface area contributed by atoms with Crippen LogP contribution in [0.3, 0.4) is 0 Å². The van der Waals surface area contributed by atoms with Crippen molar-refractivity contribution in [3.8, 4) is 11.5 Å². The van der Waals surface area contributed by atoms with E-state index in [-0.39, 0.29) is 0 Å². The van der Waals surface area contributed by atoms with Gasteiger partial charge in [-0.3, -0.25) is 5.43 Å². The molecular weight excluding hydrogens is 396 g/mol. The molecule has 1 aliphatic rings. The summed E-state index contributed by atoms with van der Waals surface area (Å²) in [6, 6.07) is 14.9. The normalized spacial score (nSPS) is 14.8. The van der Waals surface area contributed by atoms with E-state index in [9.17, 15) is 0 Å². The van der Waals surface area contributed by atoms with Crippen LogP contribution in [-0.2, 0) is 4.74 Å². The molecule has 0 atom stereocenters. The van der Waals surface area contributed by atoms with Crippen LogP contribution in [0.5, 0.6) is 11.5 Å². The third-order valence-corrected chi connectivity index (χ3v) is 4.74. The largest absolute Gasteiger partial charge is 0.457 e. The highest BCUT2D eigenvalue weighted by Crippen LogP contribution is 2.23. The number of hydrazone groups is 1. The number of nitrogens with zero attached hydrogens (tertiary/aromatic N) is 1. The number of hydrogen-bond acceptors (Lipinski definition) is 4.